The van der Waals surface area contributed by atoms with Crippen LogP contribution in [0.2, 0.25) is 18.1 Å². The predicted octanol–water partition coefficient (Wildman–Crippen LogP) is 9.19. The first-order valence-corrected chi connectivity index (χ1v) is 15.7. The second-order valence-corrected chi connectivity index (χ2v) is 14.1. The Morgan fingerprint density at radius 2 is 1.56 bits per heavy atom. The molecule has 0 N–H and O–H groups in total. The zero-order valence-corrected chi connectivity index (χ0v) is 21.0. The number of alkyl halides is 3. The molecule has 5 heteroatoms. The van der Waals surface area contributed by atoms with Crippen LogP contribution in [0.5, 0.6) is 0 Å². The summed E-state index contributed by atoms with van der Waals surface area (Å²) in [6.07, 6.45) is 12.1. The highest BCUT2D eigenvalue weighted by molar-refractivity contribution is 6.58. The van der Waals surface area contributed by atoms with Gasteiger partial charge in [-0.1, -0.05) is 88.9 Å². The number of halogens is 4. The lowest BCUT2D eigenvalue weighted by molar-refractivity contribution is -0.140. The SMILES string of the molecule is CCCCC[Si@H]1CC[C@H]([C@H]2CC[C@H](CCCCc3ccc(C(F)(F)F)c(F)c3)CC2)CC1. The van der Waals surface area contributed by atoms with Crippen LogP contribution in [0, 0.1) is 23.6 Å². The van der Waals surface area contributed by atoms with Crippen LogP contribution in [-0.2, 0) is 12.6 Å². The van der Waals surface area contributed by atoms with E-state index in [-0.39, 0.29) is 0 Å². The number of aryl methyl sites for hydroxylation is 1. The Kier molecular flexibility index (Phi) is 10.1. The maximum Gasteiger partial charge on any atom is 0.419 e. The third kappa shape index (κ3) is 7.88. The van der Waals surface area contributed by atoms with Crippen LogP contribution in [0.15, 0.2) is 18.2 Å². The minimum Gasteiger partial charge on any atom is -0.206 e. The van der Waals surface area contributed by atoms with Crippen molar-refractivity contribution < 1.29 is 17.6 Å². The molecule has 182 valence electrons. The average molecular weight is 471 g/mol. The Labute approximate surface area is 194 Å². The lowest BCUT2D eigenvalue weighted by Gasteiger charge is -2.37. The van der Waals surface area contributed by atoms with Gasteiger partial charge in [-0.25, -0.2) is 4.39 Å². The lowest BCUT2D eigenvalue weighted by Crippen LogP contribution is -2.28. The van der Waals surface area contributed by atoms with Crippen molar-refractivity contribution >= 4 is 8.80 Å². The summed E-state index contributed by atoms with van der Waals surface area (Å²) in [4.78, 5) is 0. The van der Waals surface area contributed by atoms with Crippen molar-refractivity contribution in [1.29, 1.82) is 0 Å². The van der Waals surface area contributed by atoms with Crippen LogP contribution in [0.25, 0.3) is 0 Å². The smallest absolute Gasteiger partial charge is 0.206 e. The molecule has 1 heterocycles. The molecule has 0 radical (unpaired) electrons. The van der Waals surface area contributed by atoms with E-state index in [1.165, 1.54) is 70.3 Å². The summed E-state index contributed by atoms with van der Waals surface area (Å²) in [5.41, 5.74) is -0.488. The van der Waals surface area contributed by atoms with Gasteiger partial charge in [0.25, 0.3) is 0 Å². The summed E-state index contributed by atoms with van der Waals surface area (Å²) in [5, 5.41) is 0. The van der Waals surface area contributed by atoms with Crippen molar-refractivity contribution in [2.45, 2.75) is 115 Å². The van der Waals surface area contributed by atoms with E-state index in [4.69, 9.17) is 0 Å². The zero-order chi connectivity index (χ0) is 23.0. The maximum atomic E-state index is 13.7. The van der Waals surface area contributed by atoms with Crippen molar-refractivity contribution in [3.63, 3.8) is 0 Å². The largest absolute Gasteiger partial charge is 0.419 e. The monoisotopic (exact) mass is 470 g/mol. The van der Waals surface area contributed by atoms with Crippen LogP contribution < -0.4 is 0 Å². The second-order valence-electron chi connectivity index (χ2n) is 10.6. The number of hydrogen-bond acceptors (Lipinski definition) is 0. The van der Waals surface area contributed by atoms with Gasteiger partial charge < -0.3 is 0 Å². The normalized spacial score (nSPS) is 26.9. The molecule has 0 nitrogen and oxygen atoms in total. The predicted molar refractivity (Wildman–Crippen MR) is 128 cm³/mol. The molecule has 1 aromatic rings. The van der Waals surface area contributed by atoms with Gasteiger partial charge in [-0.05, 0) is 61.1 Å². The summed E-state index contributed by atoms with van der Waals surface area (Å²) in [7, 11) is -0.402. The first kappa shape index (κ1) is 25.8. The number of hydrogen-bond donors (Lipinski definition) is 0. The van der Waals surface area contributed by atoms with Gasteiger partial charge in [0.1, 0.15) is 5.82 Å². The van der Waals surface area contributed by atoms with Gasteiger partial charge in [0.05, 0.1) is 5.56 Å². The molecule has 0 aromatic heterocycles. The molecule has 1 saturated heterocycles. The summed E-state index contributed by atoms with van der Waals surface area (Å²) in [5.74, 6) is 1.63. The fraction of sp³-hybridized carbons (Fsp3) is 0.778. The van der Waals surface area contributed by atoms with Gasteiger partial charge in [0, 0.05) is 8.80 Å². The molecule has 2 fully saturated rings. The van der Waals surface area contributed by atoms with Crippen LogP contribution >= 0.6 is 0 Å². The van der Waals surface area contributed by atoms with Gasteiger partial charge >= 0.3 is 6.18 Å². The van der Waals surface area contributed by atoms with Gasteiger partial charge in [-0.2, -0.15) is 13.2 Å². The molecular formula is C27H42F4Si. The Bertz CT molecular complexity index is 671. The molecule has 0 spiro atoms. The molecule has 0 amide bonds. The Morgan fingerprint density at radius 3 is 2.19 bits per heavy atom. The molecule has 0 atom stereocenters. The van der Waals surface area contributed by atoms with E-state index in [0.717, 1.165) is 42.7 Å². The summed E-state index contributed by atoms with van der Waals surface area (Å²) < 4.78 is 51.7. The summed E-state index contributed by atoms with van der Waals surface area (Å²) in [6, 6.07) is 8.16. The van der Waals surface area contributed by atoms with Crippen LogP contribution in [0.1, 0.15) is 95.1 Å². The highest BCUT2D eigenvalue weighted by Crippen LogP contribution is 2.42. The topological polar surface area (TPSA) is 0 Å². The van der Waals surface area contributed by atoms with E-state index in [2.05, 4.69) is 6.92 Å². The molecule has 0 unspecified atom stereocenters. The molecule has 1 aromatic carbocycles. The van der Waals surface area contributed by atoms with Gasteiger partial charge in [-0.15, -0.1) is 0 Å². The Hall–Kier alpha value is -0.843. The second kappa shape index (κ2) is 12.6. The first-order chi connectivity index (χ1) is 15.4. The molecule has 1 aliphatic heterocycles. The number of benzene rings is 1. The maximum absolute atomic E-state index is 13.7. The lowest BCUT2D eigenvalue weighted by atomic mass is 9.73. The van der Waals surface area contributed by atoms with E-state index >= 15 is 0 Å². The van der Waals surface area contributed by atoms with E-state index in [9.17, 15) is 17.6 Å². The van der Waals surface area contributed by atoms with E-state index in [1.807, 2.05) is 0 Å². The standard InChI is InChI=1S/C27H42F4Si/c1-2-3-6-17-32-18-15-24(16-19-32)23-12-9-21(10-13-23)7-4-5-8-22-11-14-25(26(28)20-22)27(29,30)31/h11,14,20-21,23-24,32H,2-10,12-13,15-19H2,1H3/t21-,23-,24-,32-. The molecule has 1 aliphatic carbocycles. The van der Waals surface area contributed by atoms with Crippen LogP contribution in [0.4, 0.5) is 17.6 Å². The Balaban J connectivity index is 1.29. The average Bonchev–Trinajstić information content (AvgIpc) is 2.77. The quantitative estimate of drug-likeness (QED) is 0.182. The number of unbranched alkanes of at least 4 members (excludes halogenated alkanes) is 3. The summed E-state index contributed by atoms with van der Waals surface area (Å²) in [6.45, 7) is 2.30. The van der Waals surface area contributed by atoms with Crippen LogP contribution in [0.3, 0.4) is 0 Å². The van der Waals surface area contributed by atoms with Crippen molar-refractivity contribution in [3.05, 3.63) is 35.1 Å². The molecule has 3 rings (SSSR count). The molecule has 2 aliphatic rings. The Morgan fingerprint density at radius 1 is 0.875 bits per heavy atom. The summed E-state index contributed by atoms with van der Waals surface area (Å²) >= 11 is 0. The fourth-order valence-electron chi connectivity index (χ4n) is 6.29. The van der Waals surface area contributed by atoms with Crippen molar-refractivity contribution in [2.75, 3.05) is 0 Å². The van der Waals surface area contributed by atoms with E-state index in [1.54, 1.807) is 18.1 Å². The molecule has 1 saturated carbocycles. The third-order valence-electron chi connectivity index (χ3n) is 8.33. The highest BCUT2D eigenvalue weighted by Gasteiger charge is 2.34. The minimum atomic E-state index is -4.61. The number of rotatable bonds is 10. The van der Waals surface area contributed by atoms with E-state index < -0.39 is 26.4 Å². The minimum absolute atomic E-state index is 0.402. The highest BCUT2D eigenvalue weighted by atomic mass is 28.3. The van der Waals surface area contributed by atoms with Crippen molar-refractivity contribution in [3.8, 4) is 0 Å². The molecule has 32 heavy (non-hydrogen) atoms. The van der Waals surface area contributed by atoms with Crippen molar-refractivity contribution in [2.24, 2.45) is 17.8 Å². The molecular weight excluding hydrogens is 428 g/mol. The van der Waals surface area contributed by atoms with Crippen molar-refractivity contribution in [1.82, 2.24) is 0 Å². The zero-order valence-electron chi connectivity index (χ0n) is 19.9. The van der Waals surface area contributed by atoms with Gasteiger partial charge in [-0.3, -0.25) is 0 Å². The van der Waals surface area contributed by atoms with Crippen LogP contribution in [-0.4, -0.2) is 8.80 Å². The van der Waals surface area contributed by atoms with Gasteiger partial charge in [0.2, 0.25) is 0 Å². The first-order valence-electron chi connectivity index (χ1n) is 13.2. The van der Waals surface area contributed by atoms with Gasteiger partial charge in [0.15, 0.2) is 0 Å². The van der Waals surface area contributed by atoms with E-state index in [0.29, 0.717) is 12.0 Å². The fourth-order valence-corrected chi connectivity index (χ4v) is 9.82. The molecule has 0 bridgehead atoms. The third-order valence-corrected chi connectivity index (χ3v) is 11.9.